The van der Waals surface area contributed by atoms with Crippen LogP contribution in [-0.2, 0) is 19.1 Å². The second-order valence-corrected chi connectivity index (χ2v) is 5.60. The maximum Gasteiger partial charge on any atom is 0.308 e. The number of benzene rings is 1. The van der Waals surface area contributed by atoms with E-state index in [2.05, 4.69) is 0 Å². The van der Waals surface area contributed by atoms with Crippen molar-refractivity contribution >= 4 is 23.5 Å². The fourth-order valence-corrected chi connectivity index (χ4v) is 3.39. The normalized spacial score (nSPS) is 31.8. The van der Waals surface area contributed by atoms with Crippen LogP contribution in [0.1, 0.15) is 6.92 Å². The Morgan fingerprint density at radius 3 is 2.09 bits per heavy atom. The number of carbonyl (C=O) groups excluding carboxylic acids is 3. The lowest BCUT2D eigenvalue weighted by Crippen LogP contribution is -2.34. The highest BCUT2D eigenvalue weighted by Crippen LogP contribution is 2.46. The fourth-order valence-electron chi connectivity index (χ4n) is 3.39. The van der Waals surface area contributed by atoms with Gasteiger partial charge >= 0.3 is 5.97 Å². The van der Waals surface area contributed by atoms with Gasteiger partial charge in [0.1, 0.15) is 5.75 Å². The van der Waals surface area contributed by atoms with Gasteiger partial charge in [0, 0.05) is 6.92 Å². The van der Waals surface area contributed by atoms with Gasteiger partial charge in [-0.25, -0.2) is 4.90 Å². The first kappa shape index (κ1) is 13.2. The first-order valence-electron chi connectivity index (χ1n) is 7.06. The van der Waals surface area contributed by atoms with Gasteiger partial charge in [0.05, 0.1) is 29.7 Å². The van der Waals surface area contributed by atoms with E-state index in [1.807, 2.05) is 12.2 Å². The standard InChI is InChI=1S/C16H13NO5/c1-8(18)21-10-4-2-9(3-5-10)17-15(19)13-11-6-7-12(22-11)14(13)16(17)20/h2-7,11-14H,1H3/t11-,12+,13+,14-. The SMILES string of the molecule is CC(=O)Oc1ccc(N2C(=O)[C@@H]3[C@H](C2=O)[C@@H]2C=C[C@H]3O2)cc1. The third-order valence-corrected chi connectivity index (χ3v) is 4.27. The molecule has 112 valence electrons. The van der Waals surface area contributed by atoms with E-state index in [-0.39, 0.29) is 24.0 Å². The van der Waals surface area contributed by atoms with E-state index in [1.54, 1.807) is 24.3 Å². The molecule has 6 nitrogen and oxygen atoms in total. The van der Waals surface area contributed by atoms with Crippen LogP contribution < -0.4 is 9.64 Å². The van der Waals surface area contributed by atoms with Crippen LogP contribution in [0.3, 0.4) is 0 Å². The van der Waals surface area contributed by atoms with Gasteiger partial charge in [-0.3, -0.25) is 14.4 Å². The van der Waals surface area contributed by atoms with Crippen LogP contribution in [0.5, 0.6) is 5.75 Å². The minimum Gasteiger partial charge on any atom is -0.427 e. The summed E-state index contributed by atoms with van der Waals surface area (Å²) in [7, 11) is 0. The molecular weight excluding hydrogens is 286 g/mol. The van der Waals surface area contributed by atoms with Gasteiger partial charge in [0.15, 0.2) is 0 Å². The second-order valence-electron chi connectivity index (χ2n) is 5.60. The molecule has 0 saturated carbocycles. The molecule has 0 aromatic heterocycles. The number of hydrogen-bond donors (Lipinski definition) is 0. The minimum absolute atomic E-state index is 0.230. The van der Waals surface area contributed by atoms with Crippen molar-refractivity contribution in [2.45, 2.75) is 19.1 Å². The lowest BCUT2D eigenvalue weighted by atomic mass is 9.85. The molecule has 0 radical (unpaired) electrons. The Morgan fingerprint density at radius 1 is 1.05 bits per heavy atom. The molecule has 0 aliphatic carbocycles. The summed E-state index contributed by atoms with van der Waals surface area (Å²) in [4.78, 5) is 37.2. The van der Waals surface area contributed by atoms with Crippen LogP contribution in [0.2, 0.25) is 0 Å². The number of amides is 2. The highest BCUT2D eigenvalue weighted by molar-refractivity contribution is 6.23. The van der Waals surface area contributed by atoms with E-state index in [0.29, 0.717) is 11.4 Å². The molecule has 0 spiro atoms. The minimum atomic E-state index is -0.421. The van der Waals surface area contributed by atoms with Gasteiger partial charge in [0.2, 0.25) is 11.8 Å². The molecule has 0 N–H and O–H groups in total. The van der Waals surface area contributed by atoms with Crippen molar-refractivity contribution in [2.75, 3.05) is 4.90 Å². The highest BCUT2D eigenvalue weighted by atomic mass is 16.5. The first-order chi connectivity index (χ1) is 10.6. The van der Waals surface area contributed by atoms with Crippen LogP contribution in [0.4, 0.5) is 5.69 Å². The van der Waals surface area contributed by atoms with E-state index < -0.39 is 17.8 Å². The molecule has 2 bridgehead atoms. The quantitative estimate of drug-likeness (QED) is 0.353. The van der Waals surface area contributed by atoms with Gasteiger partial charge in [-0.15, -0.1) is 0 Å². The van der Waals surface area contributed by atoms with Gasteiger partial charge in [0.25, 0.3) is 0 Å². The third kappa shape index (κ3) is 1.74. The van der Waals surface area contributed by atoms with Crippen LogP contribution in [-0.4, -0.2) is 30.0 Å². The van der Waals surface area contributed by atoms with Crippen LogP contribution in [0, 0.1) is 11.8 Å². The zero-order chi connectivity index (χ0) is 15.4. The van der Waals surface area contributed by atoms with Crippen LogP contribution >= 0.6 is 0 Å². The molecule has 4 atom stereocenters. The Morgan fingerprint density at radius 2 is 1.59 bits per heavy atom. The van der Waals surface area contributed by atoms with E-state index in [1.165, 1.54) is 11.8 Å². The van der Waals surface area contributed by atoms with Crippen molar-refractivity contribution in [3.05, 3.63) is 36.4 Å². The van der Waals surface area contributed by atoms with Crippen molar-refractivity contribution in [3.8, 4) is 5.75 Å². The smallest absolute Gasteiger partial charge is 0.308 e. The molecule has 4 rings (SSSR count). The van der Waals surface area contributed by atoms with Gasteiger partial charge in [-0.2, -0.15) is 0 Å². The molecule has 22 heavy (non-hydrogen) atoms. The highest BCUT2D eigenvalue weighted by Gasteiger charge is 2.60. The van der Waals surface area contributed by atoms with Gasteiger partial charge < -0.3 is 9.47 Å². The Hall–Kier alpha value is -2.47. The largest absolute Gasteiger partial charge is 0.427 e. The number of rotatable bonds is 2. The van der Waals surface area contributed by atoms with Gasteiger partial charge in [-0.05, 0) is 24.3 Å². The molecule has 2 amide bonds. The maximum atomic E-state index is 12.6. The van der Waals surface area contributed by atoms with Crippen molar-refractivity contribution < 1.29 is 23.9 Å². The number of esters is 1. The average Bonchev–Trinajstić information content (AvgIpc) is 3.14. The van der Waals surface area contributed by atoms with Crippen molar-refractivity contribution in [1.82, 2.24) is 0 Å². The maximum absolute atomic E-state index is 12.6. The number of anilines is 1. The number of hydrogen-bond acceptors (Lipinski definition) is 5. The predicted octanol–water partition coefficient (Wildman–Crippen LogP) is 1.05. The van der Waals surface area contributed by atoms with E-state index in [0.717, 1.165) is 0 Å². The van der Waals surface area contributed by atoms with Crippen molar-refractivity contribution in [1.29, 1.82) is 0 Å². The average molecular weight is 299 g/mol. The molecule has 6 heteroatoms. The summed E-state index contributed by atoms with van der Waals surface area (Å²) >= 11 is 0. The Kier molecular flexibility index (Phi) is 2.71. The monoisotopic (exact) mass is 299 g/mol. The summed E-state index contributed by atoms with van der Waals surface area (Å²) in [6.45, 7) is 1.31. The Balaban J connectivity index is 1.62. The molecule has 1 aromatic rings. The lowest BCUT2D eigenvalue weighted by molar-refractivity contribution is -0.132. The molecule has 2 saturated heterocycles. The molecule has 3 aliphatic rings. The zero-order valence-electron chi connectivity index (χ0n) is 11.8. The molecule has 2 fully saturated rings. The van der Waals surface area contributed by atoms with Gasteiger partial charge in [-0.1, -0.05) is 12.2 Å². The summed E-state index contributed by atoms with van der Waals surface area (Å²) in [5.74, 6) is -1.35. The topological polar surface area (TPSA) is 72.9 Å². The lowest BCUT2D eigenvalue weighted by Gasteiger charge is -2.17. The number of ether oxygens (including phenoxy) is 2. The Bertz CT molecular complexity index is 678. The number of nitrogens with zero attached hydrogens (tertiary/aromatic N) is 1. The van der Waals surface area contributed by atoms with E-state index in [4.69, 9.17) is 9.47 Å². The second kappa shape index (κ2) is 4.51. The summed E-state index contributed by atoms with van der Waals surface area (Å²) in [6.07, 6.45) is 3.11. The Labute approximate surface area is 126 Å². The molecule has 3 heterocycles. The first-order valence-corrected chi connectivity index (χ1v) is 7.06. The molecule has 1 aromatic carbocycles. The summed E-state index contributed by atoms with van der Waals surface area (Å²) in [5.41, 5.74) is 0.486. The number of imide groups is 1. The molecule has 0 unspecified atom stereocenters. The van der Waals surface area contributed by atoms with Crippen molar-refractivity contribution in [3.63, 3.8) is 0 Å². The number of fused-ring (bicyclic) bond motifs is 5. The summed E-state index contributed by atoms with van der Waals surface area (Å²) in [5, 5.41) is 0. The van der Waals surface area contributed by atoms with E-state index in [9.17, 15) is 14.4 Å². The van der Waals surface area contributed by atoms with Crippen molar-refractivity contribution in [2.24, 2.45) is 11.8 Å². The fraction of sp³-hybridized carbons (Fsp3) is 0.312. The zero-order valence-corrected chi connectivity index (χ0v) is 11.8. The third-order valence-electron chi connectivity index (χ3n) is 4.27. The summed E-state index contributed by atoms with van der Waals surface area (Å²) < 4.78 is 10.5. The number of carbonyl (C=O) groups is 3. The van der Waals surface area contributed by atoms with E-state index >= 15 is 0 Å². The van der Waals surface area contributed by atoms with Crippen LogP contribution in [0.25, 0.3) is 0 Å². The molecule has 3 aliphatic heterocycles. The predicted molar refractivity (Wildman–Crippen MR) is 75.0 cm³/mol. The molecular formula is C16H13NO5. The van der Waals surface area contributed by atoms with Crippen LogP contribution in [0.15, 0.2) is 36.4 Å². The summed E-state index contributed by atoms with van der Waals surface area (Å²) in [6, 6.07) is 6.33.